The molecule has 2 N–H and O–H groups in total. The van der Waals surface area contributed by atoms with Crippen molar-refractivity contribution in [3.8, 4) is 0 Å². The minimum absolute atomic E-state index is 0.0776. The zero-order chi connectivity index (χ0) is 14.8. The first-order chi connectivity index (χ1) is 8.65. The molecule has 0 radical (unpaired) electrons. The predicted molar refractivity (Wildman–Crippen MR) is 75.5 cm³/mol. The largest absolute Gasteiger partial charge is 0.480 e. The Morgan fingerprint density at radius 1 is 1.37 bits per heavy atom. The van der Waals surface area contributed by atoms with E-state index in [0.29, 0.717) is 10.0 Å². The van der Waals surface area contributed by atoms with Crippen molar-refractivity contribution in [2.75, 3.05) is 0 Å². The lowest BCUT2D eigenvalue weighted by Crippen LogP contribution is -2.44. The third-order valence-corrected chi connectivity index (χ3v) is 4.73. The van der Waals surface area contributed by atoms with Crippen molar-refractivity contribution < 1.29 is 18.3 Å². The summed E-state index contributed by atoms with van der Waals surface area (Å²) in [6.07, 6.45) is 0. The van der Waals surface area contributed by atoms with E-state index in [9.17, 15) is 13.2 Å². The van der Waals surface area contributed by atoms with Crippen LogP contribution in [0, 0.1) is 12.8 Å². The monoisotopic (exact) mass is 349 g/mol. The first kappa shape index (κ1) is 16.1. The van der Waals surface area contributed by atoms with Crippen LogP contribution in [0.2, 0.25) is 0 Å². The van der Waals surface area contributed by atoms with Crippen LogP contribution in [-0.4, -0.2) is 25.5 Å². The summed E-state index contributed by atoms with van der Waals surface area (Å²) >= 11 is 3.20. The van der Waals surface area contributed by atoms with Gasteiger partial charge in [0, 0.05) is 4.47 Å². The Morgan fingerprint density at radius 2 is 1.95 bits per heavy atom. The molecule has 1 aromatic carbocycles. The maximum atomic E-state index is 12.2. The van der Waals surface area contributed by atoms with E-state index in [1.807, 2.05) is 0 Å². The van der Waals surface area contributed by atoms with Gasteiger partial charge in [0.2, 0.25) is 10.0 Å². The first-order valence-corrected chi connectivity index (χ1v) is 7.94. The van der Waals surface area contributed by atoms with Gasteiger partial charge in [-0.05, 0) is 30.5 Å². The minimum atomic E-state index is -3.86. The molecule has 0 aromatic heterocycles. The maximum absolute atomic E-state index is 12.2. The van der Waals surface area contributed by atoms with Crippen LogP contribution in [0.1, 0.15) is 19.4 Å². The second-order valence-electron chi connectivity index (χ2n) is 4.59. The third-order valence-electron chi connectivity index (χ3n) is 2.65. The average molecular weight is 350 g/mol. The molecule has 0 aliphatic rings. The molecule has 0 amide bonds. The van der Waals surface area contributed by atoms with Gasteiger partial charge in [0.15, 0.2) is 0 Å². The van der Waals surface area contributed by atoms with Crippen molar-refractivity contribution in [3.63, 3.8) is 0 Å². The molecule has 1 rings (SSSR count). The number of aliphatic carboxylic acids is 1. The molecule has 19 heavy (non-hydrogen) atoms. The summed E-state index contributed by atoms with van der Waals surface area (Å²) in [5.74, 6) is -1.54. The molecule has 0 unspecified atom stereocenters. The number of carboxylic acids is 1. The van der Waals surface area contributed by atoms with Gasteiger partial charge >= 0.3 is 5.97 Å². The first-order valence-electron chi connectivity index (χ1n) is 5.66. The molecule has 7 heteroatoms. The van der Waals surface area contributed by atoms with Crippen LogP contribution in [0.4, 0.5) is 0 Å². The summed E-state index contributed by atoms with van der Waals surface area (Å²) in [6.45, 7) is 4.95. The molecule has 0 heterocycles. The zero-order valence-electron chi connectivity index (χ0n) is 10.8. The number of halogens is 1. The Bertz CT molecular complexity index is 583. The van der Waals surface area contributed by atoms with E-state index in [0.717, 1.165) is 0 Å². The fraction of sp³-hybridized carbons (Fsp3) is 0.417. The van der Waals surface area contributed by atoms with E-state index >= 15 is 0 Å². The molecule has 0 fully saturated rings. The predicted octanol–water partition coefficient (Wildman–Crippen LogP) is 2.15. The Kier molecular flexibility index (Phi) is 5.11. The van der Waals surface area contributed by atoms with E-state index < -0.39 is 22.0 Å². The summed E-state index contributed by atoms with van der Waals surface area (Å²) < 4.78 is 27.3. The number of benzene rings is 1. The standard InChI is InChI=1S/C12H16BrNO4S/c1-7(2)11(12(15)16)14-19(17,18)10-6-9(13)5-4-8(10)3/h4-7,11,14H,1-3H3,(H,15,16)/t11-/m1/s1. The van der Waals surface area contributed by atoms with Gasteiger partial charge in [-0.25, -0.2) is 8.42 Å². The maximum Gasteiger partial charge on any atom is 0.322 e. The van der Waals surface area contributed by atoms with Crippen LogP contribution in [0.5, 0.6) is 0 Å². The van der Waals surface area contributed by atoms with Crippen LogP contribution in [0.3, 0.4) is 0 Å². The molecule has 5 nitrogen and oxygen atoms in total. The van der Waals surface area contributed by atoms with Gasteiger partial charge in [-0.15, -0.1) is 0 Å². The summed E-state index contributed by atoms with van der Waals surface area (Å²) in [4.78, 5) is 11.1. The molecule has 0 saturated heterocycles. The Morgan fingerprint density at radius 3 is 2.42 bits per heavy atom. The normalized spacial score (nSPS) is 13.5. The van der Waals surface area contributed by atoms with Gasteiger partial charge in [0.05, 0.1) is 4.90 Å². The third kappa shape index (κ3) is 4.02. The quantitative estimate of drug-likeness (QED) is 0.852. The highest BCUT2D eigenvalue weighted by atomic mass is 79.9. The number of sulfonamides is 1. The summed E-state index contributed by atoms with van der Waals surface area (Å²) in [5, 5.41) is 9.04. The highest BCUT2D eigenvalue weighted by Gasteiger charge is 2.28. The van der Waals surface area contributed by atoms with Crippen molar-refractivity contribution in [3.05, 3.63) is 28.2 Å². The van der Waals surface area contributed by atoms with E-state index in [2.05, 4.69) is 20.7 Å². The number of hydrogen-bond donors (Lipinski definition) is 2. The van der Waals surface area contributed by atoms with E-state index in [1.54, 1.807) is 32.9 Å². The van der Waals surface area contributed by atoms with E-state index in [-0.39, 0.29) is 10.8 Å². The number of hydrogen-bond acceptors (Lipinski definition) is 3. The molecule has 0 saturated carbocycles. The van der Waals surface area contributed by atoms with E-state index in [4.69, 9.17) is 5.11 Å². The molecule has 0 spiro atoms. The molecule has 0 bridgehead atoms. The SMILES string of the molecule is Cc1ccc(Br)cc1S(=O)(=O)N[C@@H](C(=O)O)C(C)C. The highest BCUT2D eigenvalue weighted by Crippen LogP contribution is 2.21. The van der Waals surface area contributed by atoms with Gasteiger partial charge in [0.25, 0.3) is 0 Å². The molecular weight excluding hydrogens is 334 g/mol. The fourth-order valence-corrected chi connectivity index (χ4v) is 3.69. The Labute approximate surface area is 121 Å². The zero-order valence-corrected chi connectivity index (χ0v) is 13.2. The van der Waals surface area contributed by atoms with Crippen molar-refractivity contribution >= 4 is 31.9 Å². The van der Waals surface area contributed by atoms with Crippen LogP contribution < -0.4 is 4.72 Å². The van der Waals surface area contributed by atoms with Crippen molar-refractivity contribution in [1.82, 2.24) is 4.72 Å². The van der Waals surface area contributed by atoms with E-state index in [1.165, 1.54) is 6.07 Å². The summed E-state index contributed by atoms with van der Waals surface area (Å²) in [5.41, 5.74) is 0.559. The number of carboxylic acid groups (broad SMARTS) is 1. The lowest BCUT2D eigenvalue weighted by molar-refractivity contribution is -0.140. The highest BCUT2D eigenvalue weighted by molar-refractivity contribution is 9.10. The molecular formula is C12H16BrNO4S. The van der Waals surface area contributed by atoms with Crippen LogP contribution in [-0.2, 0) is 14.8 Å². The van der Waals surface area contributed by atoms with Gasteiger partial charge in [-0.3, -0.25) is 4.79 Å². The Balaban J connectivity index is 3.17. The topological polar surface area (TPSA) is 83.5 Å². The molecule has 1 atom stereocenters. The van der Waals surface area contributed by atoms with Gasteiger partial charge < -0.3 is 5.11 Å². The number of carbonyl (C=O) groups is 1. The lowest BCUT2D eigenvalue weighted by atomic mass is 10.1. The molecule has 1 aromatic rings. The smallest absolute Gasteiger partial charge is 0.322 e. The average Bonchev–Trinajstić information content (AvgIpc) is 2.28. The van der Waals surface area contributed by atoms with Gasteiger partial charge in [0.1, 0.15) is 6.04 Å². The second kappa shape index (κ2) is 6.02. The number of rotatable bonds is 5. The Hall–Kier alpha value is -0.920. The van der Waals surface area contributed by atoms with Gasteiger partial charge in [-0.2, -0.15) is 4.72 Å². The molecule has 0 aliphatic carbocycles. The van der Waals surface area contributed by atoms with Crippen molar-refractivity contribution in [1.29, 1.82) is 0 Å². The summed E-state index contributed by atoms with van der Waals surface area (Å²) in [7, 11) is -3.86. The van der Waals surface area contributed by atoms with Crippen LogP contribution in [0.25, 0.3) is 0 Å². The minimum Gasteiger partial charge on any atom is -0.480 e. The number of aryl methyl sites for hydroxylation is 1. The van der Waals surface area contributed by atoms with Crippen molar-refractivity contribution in [2.45, 2.75) is 31.7 Å². The van der Waals surface area contributed by atoms with Gasteiger partial charge in [-0.1, -0.05) is 35.8 Å². The second-order valence-corrected chi connectivity index (χ2v) is 7.19. The summed E-state index contributed by atoms with van der Waals surface area (Å²) in [6, 6.07) is 3.69. The number of nitrogens with one attached hydrogen (secondary N) is 1. The van der Waals surface area contributed by atoms with Crippen LogP contribution >= 0.6 is 15.9 Å². The van der Waals surface area contributed by atoms with Crippen molar-refractivity contribution in [2.24, 2.45) is 5.92 Å². The molecule has 106 valence electrons. The lowest BCUT2D eigenvalue weighted by Gasteiger charge is -2.18. The fourth-order valence-electron chi connectivity index (χ4n) is 1.57. The van der Waals surface area contributed by atoms with Crippen LogP contribution in [0.15, 0.2) is 27.6 Å². The molecule has 0 aliphatic heterocycles.